The van der Waals surface area contributed by atoms with Crippen molar-refractivity contribution in [3.05, 3.63) is 70.0 Å². The fourth-order valence-electron chi connectivity index (χ4n) is 2.38. The zero-order valence-electron chi connectivity index (χ0n) is 12.2. The number of anilines is 1. The van der Waals surface area contributed by atoms with E-state index in [2.05, 4.69) is 4.98 Å². The SMILES string of the molecule is N#Cc1c(-c2ccc(Cl)c(F)c2)cc(-c2ccccc2Cl)nc1N. The van der Waals surface area contributed by atoms with Crippen LogP contribution >= 0.6 is 23.2 Å². The number of nitrogens with zero attached hydrogens (tertiary/aromatic N) is 2. The van der Waals surface area contributed by atoms with E-state index in [1.807, 2.05) is 12.1 Å². The molecule has 0 saturated carbocycles. The maximum Gasteiger partial charge on any atom is 0.142 e. The number of benzene rings is 2. The van der Waals surface area contributed by atoms with E-state index in [0.29, 0.717) is 27.4 Å². The Kier molecular flexibility index (Phi) is 4.39. The highest BCUT2D eigenvalue weighted by Gasteiger charge is 2.15. The molecule has 0 fully saturated rings. The molecule has 0 amide bonds. The molecule has 0 aliphatic carbocycles. The van der Waals surface area contributed by atoms with Crippen molar-refractivity contribution in [3.8, 4) is 28.5 Å². The predicted molar refractivity (Wildman–Crippen MR) is 94.2 cm³/mol. The highest BCUT2D eigenvalue weighted by molar-refractivity contribution is 6.33. The van der Waals surface area contributed by atoms with Gasteiger partial charge in [0.05, 0.1) is 10.7 Å². The Morgan fingerprint density at radius 2 is 1.75 bits per heavy atom. The van der Waals surface area contributed by atoms with Crippen molar-refractivity contribution in [3.63, 3.8) is 0 Å². The van der Waals surface area contributed by atoms with Crippen LogP contribution in [-0.4, -0.2) is 4.98 Å². The second-order valence-electron chi connectivity index (χ2n) is 5.04. The summed E-state index contributed by atoms with van der Waals surface area (Å²) < 4.78 is 13.8. The van der Waals surface area contributed by atoms with E-state index in [0.717, 1.165) is 0 Å². The third-order valence-electron chi connectivity index (χ3n) is 3.54. The molecule has 3 rings (SSSR count). The first-order valence-electron chi connectivity index (χ1n) is 6.92. The van der Waals surface area contributed by atoms with Gasteiger partial charge in [0.15, 0.2) is 0 Å². The van der Waals surface area contributed by atoms with Gasteiger partial charge in [-0.05, 0) is 29.8 Å². The van der Waals surface area contributed by atoms with Crippen LogP contribution in [0.15, 0.2) is 48.5 Å². The standard InChI is InChI=1S/C18H10Cl2FN3/c19-14-4-2-1-3-11(14)17-8-12(13(9-22)18(23)24-17)10-5-6-15(20)16(21)7-10/h1-8H,(H2,23,24). The first kappa shape index (κ1) is 16.3. The van der Waals surface area contributed by atoms with Gasteiger partial charge in [0.1, 0.15) is 23.3 Å². The van der Waals surface area contributed by atoms with Crippen LogP contribution < -0.4 is 5.73 Å². The van der Waals surface area contributed by atoms with Crippen LogP contribution in [-0.2, 0) is 0 Å². The Bertz CT molecular complexity index is 980. The van der Waals surface area contributed by atoms with E-state index in [1.54, 1.807) is 30.3 Å². The number of nitriles is 1. The van der Waals surface area contributed by atoms with Crippen molar-refractivity contribution >= 4 is 29.0 Å². The molecule has 0 saturated heterocycles. The molecule has 0 bridgehead atoms. The average molecular weight is 358 g/mol. The van der Waals surface area contributed by atoms with Crippen molar-refractivity contribution in [1.29, 1.82) is 5.26 Å². The van der Waals surface area contributed by atoms with E-state index in [-0.39, 0.29) is 16.4 Å². The number of aromatic nitrogens is 1. The second-order valence-corrected chi connectivity index (χ2v) is 5.85. The number of hydrogen-bond acceptors (Lipinski definition) is 3. The van der Waals surface area contributed by atoms with Crippen LogP contribution in [0.5, 0.6) is 0 Å². The molecule has 0 spiro atoms. The Morgan fingerprint density at radius 3 is 2.42 bits per heavy atom. The Morgan fingerprint density at radius 1 is 1.00 bits per heavy atom. The topological polar surface area (TPSA) is 62.7 Å². The average Bonchev–Trinajstić information content (AvgIpc) is 2.57. The van der Waals surface area contributed by atoms with Gasteiger partial charge < -0.3 is 5.73 Å². The van der Waals surface area contributed by atoms with Gasteiger partial charge in [-0.3, -0.25) is 0 Å². The molecule has 0 unspecified atom stereocenters. The number of nitrogen functional groups attached to an aromatic ring is 1. The molecular weight excluding hydrogens is 348 g/mol. The molecule has 3 nitrogen and oxygen atoms in total. The number of halogens is 3. The number of hydrogen-bond donors (Lipinski definition) is 1. The van der Waals surface area contributed by atoms with Gasteiger partial charge in [0.2, 0.25) is 0 Å². The van der Waals surface area contributed by atoms with E-state index in [4.69, 9.17) is 28.9 Å². The molecule has 3 aromatic rings. The fraction of sp³-hybridized carbons (Fsp3) is 0. The van der Waals surface area contributed by atoms with Crippen LogP contribution in [0.25, 0.3) is 22.4 Å². The summed E-state index contributed by atoms with van der Waals surface area (Å²) in [4.78, 5) is 4.25. The van der Waals surface area contributed by atoms with Crippen molar-refractivity contribution in [2.24, 2.45) is 0 Å². The Balaban J connectivity index is 2.27. The fourth-order valence-corrected chi connectivity index (χ4v) is 2.73. The second kappa shape index (κ2) is 6.48. The predicted octanol–water partition coefficient (Wildman–Crippen LogP) is 5.32. The molecule has 6 heteroatoms. The maximum absolute atomic E-state index is 13.8. The summed E-state index contributed by atoms with van der Waals surface area (Å²) in [6, 6.07) is 15.1. The molecule has 0 atom stereocenters. The van der Waals surface area contributed by atoms with Gasteiger partial charge in [0.25, 0.3) is 0 Å². The lowest BCUT2D eigenvalue weighted by Crippen LogP contribution is -2.00. The van der Waals surface area contributed by atoms with Crippen LogP contribution in [0.2, 0.25) is 10.0 Å². The van der Waals surface area contributed by atoms with Gasteiger partial charge in [-0.1, -0.05) is 47.5 Å². The minimum atomic E-state index is -0.576. The lowest BCUT2D eigenvalue weighted by molar-refractivity contribution is 0.629. The first-order chi connectivity index (χ1) is 11.5. The minimum absolute atomic E-state index is 0.00520. The molecule has 0 radical (unpaired) electrons. The van der Waals surface area contributed by atoms with Gasteiger partial charge in [-0.25, -0.2) is 9.37 Å². The van der Waals surface area contributed by atoms with E-state index < -0.39 is 5.82 Å². The normalized spacial score (nSPS) is 10.4. The lowest BCUT2D eigenvalue weighted by Gasteiger charge is -2.11. The van der Waals surface area contributed by atoms with Crippen LogP contribution in [0.4, 0.5) is 10.2 Å². The molecule has 2 N–H and O–H groups in total. The van der Waals surface area contributed by atoms with Gasteiger partial charge in [-0.2, -0.15) is 5.26 Å². The van der Waals surface area contributed by atoms with Gasteiger partial charge in [0, 0.05) is 16.1 Å². The minimum Gasteiger partial charge on any atom is -0.383 e. The monoisotopic (exact) mass is 357 g/mol. The summed E-state index contributed by atoms with van der Waals surface area (Å²) in [5, 5.41) is 9.89. The number of nitrogens with two attached hydrogens (primary N) is 1. The molecule has 1 aromatic heterocycles. The highest BCUT2D eigenvalue weighted by atomic mass is 35.5. The molecule has 2 aromatic carbocycles. The number of rotatable bonds is 2. The molecule has 0 aliphatic rings. The molecule has 1 heterocycles. The van der Waals surface area contributed by atoms with E-state index in [1.165, 1.54) is 12.1 Å². The summed E-state index contributed by atoms with van der Waals surface area (Å²) in [5.74, 6) is -0.520. The van der Waals surface area contributed by atoms with Crippen molar-refractivity contribution in [2.45, 2.75) is 0 Å². The lowest BCUT2D eigenvalue weighted by atomic mass is 9.98. The Hall–Kier alpha value is -2.61. The van der Waals surface area contributed by atoms with Crippen molar-refractivity contribution in [2.75, 3.05) is 5.73 Å². The number of pyridine rings is 1. The van der Waals surface area contributed by atoms with Crippen molar-refractivity contribution in [1.82, 2.24) is 4.98 Å². The molecule has 24 heavy (non-hydrogen) atoms. The zero-order chi connectivity index (χ0) is 17.3. The van der Waals surface area contributed by atoms with E-state index in [9.17, 15) is 9.65 Å². The zero-order valence-corrected chi connectivity index (χ0v) is 13.7. The largest absolute Gasteiger partial charge is 0.383 e. The van der Waals surface area contributed by atoms with Crippen LogP contribution in [0.1, 0.15) is 5.56 Å². The third-order valence-corrected chi connectivity index (χ3v) is 4.18. The summed E-state index contributed by atoms with van der Waals surface area (Å²) in [7, 11) is 0. The quantitative estimate of drug-likeness (QED) is 0.675. The molecule has 118 valence electrons. The van der Waals surface area contributed by atoms with Gasteiger partial charge in [-0.15, -0.1) is 0 Å². The summed E-state index contributed by atoms with van der Waals surface area (Å²) in [5.41, 5.74) is 8.23. The molecule has 0 aliphatic heterocycles. The molecular formula is C18H10Cl2FN3. The van der Waals surface area contributed by atoms with Crippen LogP contribution in [0.3, 0.4) is 0 Å². The third kappa shape index (κ3) is 2.92. The summed E-state index contributed by atoms with van der Waals surface area (Å²) >= 11 is 11.9. The van der Waals surface area contributed by atoms with E-state index >= 15 is 0 Å². The highest BCUT2D eigenvalue weighted by Crippen LogP contribution is 2.34. The van der Waals surface area contributed by atoms with Gasteiger partial charge >= 0.3 is 0 Å². The summed E-state index contributed by atoms with van der Waals surface area (Å²) in [6.45, 7) is 0. The smallest absolute Gasteiger partial charge is 0.142 e. The van der Waals surface area contributed by atoms with Crippen molar-refractivity contribution < 1.29 is 4.39 Å². The Labute approximate surface area is 148 Å². The van der Waals surface area contributed by atoms with Crippen LogP contribution in [0, 0.1) is 17.1 Å². The maximum atomic E-state index is 13.8. The summed E-state index contributed by atoms with van der Waals surface area (Å²) in [6.07, 6.45) is 0. The first-order valence-corrected chi connectivity index (χ1v) is 7.68.